The first-order valence-electron chi connectivity index (χ1n) is 8.52. The Bertz CT molecular complexity index is 992. The Balaban J connectivity index is 1.63. The molecule has 2 aliphatic heterocycles. The van der Waals surface area contributed by atoms with E-state index in [9.17, 15) is 4.39 Å². The number of rotatable bonds is 2. The Labute approximate surface area is 145 Å². The number of aryl methyl sites for hydroxylation is 1. The molecule has 6 heteroatoms. The summed E-state index contributed by atoms with van der Waals surface area (Å²) in [5.74, 6) is -0.200. The lowest BCUT2D eigenvalue weighted by molar-refractivity contribution is 0.318. The number of anilines is 1. The maximum absolute atomic E-state index is 13.6. The highest BCUT2D eigenvalue weighted by Crippen LogP contribution is 2.43. The minimum atomic E-state index is -0.200. The molecule has 126 valence electrons. The molecule has 5 rings (SSSR count). The number of hydrogen-bond acceptors (Lipinski definition) is 4. The van der Waals surface area contributed by atoms with Crippen LogP contribution in [0.5, 0.6) is 0 Å². The van der Waals surface area contributed by atoms with Crippen molar-refractivity contribution in [2.45, 2.75) is 25.9 Å². The Kier molecular flexibility index (Phi) is 3.07. The van der Waals surface area contributed by atoms with Gasteiger partial charge in [0.05, 0.1) is 0 Å². The molecule has 3 aromatic rings. The first-order chi connectivity index (χ1) is 12.2. The van der Waals surface area contributed by atoms with E-state index in [1.54, 1.807) is 16.9 Å². The van der Waals surface area contributed by atoms with E-state index in [-0.39, 0.29) is 12.0 Å². The molecule has 0 radical (unpaired) electrons. The number of hydrogen-bond donors (Lipinski definition) is 0. The molecular weight excluding hydrogens is 317 g/mol. The first-order valence-corrected chi connectivity index (χ1v) is 8.52. The van der Waals surface area contributed by atoms with Gasteiger partial charge in [-0.05, 0) is 55.7 Å². The lowest BCUT2D eigenvalue weighted by Crippen LogP contribution is -2.31. The second-order valence-corrected chi connectivity index (χ2v) is 6.65. The minimum Gasteiger partial charge on any atom is -0.349 e. The van der Waals surface area contributed by atoms with Gasteiger partial charge in [-0.1, -0.05) is 0 Å². The van der Waals surface area contributed by atoms with Crippen LogP contribution < -0.4 is 4.90 Å². The summed E-state index contributed by atoms with van der Waals surface area (Å²) in [5.41, 5.74) is 5.29. The van der Waals surface area contributed by atoms with Gasteiger partial charge in [0.15, 0.2) is 5.65 Å². The standard InChI is InChI=1S/C19H18FN5/c1-13-9-15(20)5-6-17(13)24-11-16-3-2-8-23(16)19(24)14-4-7-18-21-12-22-25(18)10-14/h4-7,9-12,19H,2-3,8H2,1H3. The molecule has 5 nitrogen and oxygen atoms in total. The van der Waals surface area contributed by atoms with E-state index >= 15 is 0 Å². The van der Waals surface area contributed by atoms with Gasteiger partial charge >= 0.3 is 0 Å². The molecule has 0 saturated carbocycles. The monoisotopic (exact) mass is 335 g/mol. The van der Waals surface area contributed by atoms with Crippen LogP contribution in [0.25, 0.3) is 5.65 Å². The molecule has 0 bridgehead atoms. The summed E-state index contributed by atoms with van der Waals surface area (Å²) in [5, 5.41) is 4.27. The van der Waals surface area contributed by atoms with Crippen LogP contribution in [0.15, 0.2) is 54.8 Å². The molecule has 25 heavy (non-hydrogen) atoms. The largest absolute Gasteiger partial charge is 0.349 e. The molecule has 2 aliphatic rings. The van der Waals surface area contributed by atoms with E-state index < -0.39 is 0 Å². The maximum atomic E-state index is 13.6. The quantitative estimate of drug-likeness (QED) is 0.716. The van der Waals surface area contributed by atoms with E-state index in [1.807, 2.05) is 25.3 Å². The van der Waals surface area contributed by atoms with Crippen LogP contribution in [-0.4, -0.2) is 26.0 Å². The average Bonchev–Trinajstić information content (AvgIpc) is 3.29. The highest BCUT2D eigenvalue weighted by atomic mass is 19.1. The first kappa shape index (κ1) is 14.5. The van der Waals surface area contributed by atoms with Crippen molar-refractivity contribution in [3.8, 4) is 0 Å². The van der Waals surface area contributed by atoms with Crippen molar-refractivity contribution in [3.05, 3.63) is 71.7 Å². The molecule has 0 aliphatic carbocycles. The van der Waals surface area contributed by atoms with E-state index in [1.165, 1.54) is 18.2 Å². The summed E-state index contributed by atoms with van der Waals surface area (Å²) in [7, 11) is 0. The van der Waals surface area contributed by atoms with Crippen LogP contribution in [0.2, 0.25) is 0 Å². The minimum absolute atomic E-state index is 0.0651. The Hall–Kier alpha value is -2.89. The lowest BCUT2D eigenvalue weighted by atomic mass is 10.1. The van der Waals surface area contributed by atoms with Crippen LogP contribution in [0.1, 0.15) is 30.1 Å². The van der Waals surface area contributed by atoms with Crippen LogP contribution >= 0.6 is 0 Å². The van der Waals surface area contributed by atoms with Crippen LogP contribution in [0.4, 0.5) is 10.1 Å². The highest BCUT2D eigenvalue weighted by molar-refractivity contribution is 5.59. The number of allylic oxidation sites excluding steroid dienone is 1. The Morgan fingerprint density at radius 3 is 3.00 bits per heavy atom. The number of fused-ring (bicyclic) bond motifs is 2. The number of aromatic nitrogens is 3. The van der Waals surface area contributed by atoms with Gasteiger partial charge in [0.25, 0.3) is 0 Å². The molecule has 1 fully saturated rings. The van der Waals surface area contributed by atoms with Gasteiger partial charge in [-0.25, -0.2) is 13.9 Å². The molecule has 0 spiro atoms. The highest BCUT2D eigenvalue weighted by Gasteiger charge is 2.37. The van der Waals surface area contributed by atoms with Gasteiger partial charge < -0.3 is 9.80 Å². The SMILES string of the molecule is Cc1cc(F)ccc1N1C=C2CCCN2C1c1ccc2ncnn2c1. The normalized spacial score (nSPS) is 19.6. The van der Waals surface area contributed by atoms with E-state index in [2.05, 4.69) is 32.1 Å². The Morgan fingerprint density at radius 2 is 2.12 bits per heavy atom. The van der Waals surface area contributed by atoms with Gasteiger partial charge in [-0.15, -0.1) is 0 Å². The van der Waals surface area contributed by atoms with Crippen LogP contribution in [0, 0.1) is 12.7 Å². The lowest BCUT2D eigenvalue weighted by Gasteiger charge is -2.33. The average molecular weight is 335 g/mol. The topological polar surface area (TPSA) is 36.7 Å². The van der Waals surface area contributed by atoms with E-state index in [0.29, 0.717) is 0 Å². The molecule has 1 unspecified atom stereocenters. The third-order valence-corrected chi connectivity index (χ3v) is 5.08. The fourth-order valence-electron chi connectivity index (χ4n) is 3.95. The summed E-state index contributed by atoms with van der Waals surface area (Å²) >= 11 is 0. The van der Waals surface area contributed by atoms with Crippen molar-refractivity contribution in [2.75, 3.05) is 11.4 Å². The maximum Gasteiger partial charge on any atom is 0.155 e. The zero-order valence-electron chi connectivity index (χ0n) is 13.9. The van der Waals surface area contributed by atoms with Gasteiger partial charge in [-0.2, -0.15) is 5.10 Å². The fraction of sp³-hybridized carbons (Fsp3) is 0.263. The van der Waals surface area contributed by atoms with E-state index in [4.69, 9.17) is 0 Å². The molecule has 0 N–H and O–H groups in total. The number of nitrogens with zero attached hydrogens (tertiary/aromatic N) is 5. The molecule has 1 aromatic carbocycles. The molecule has 0 amide bonds. The third kappa shape index (κ3) is 2.21. The van der Waals surface area contributed by atoms with Gasteiger partial charge in [0.1, 0.15) is 18.3 Å². The second kappa shape index (κ2) is 5.31. The van der Waals surface area contributed by atoms with Gasteiger partial charge in [-0.3, -0.25) is 0 Å². The third-order valence-electron chi connectivity index (χ3n) is 5.08. The molecule has 1 atom stereocenters. The predicted octanol–water partition coefficient (Wildman–Crippen LogP) is 3.63. The zero-order chi connectivity index (χ0) is 17.0. The Morgan fingerprint density at radius 1 is 1.20 bits per heavy atom. The fourth-order valence-corrected chi connectivity index (χ4v) is 3.95. The van der Waals surface area contributed by atoms with Crippen molar-refractivity contribution in [1.82, 2.24) is 19.5 Å². The summed E-state index contributed by atoms with van der Waals surface area (Å²) in [6.07, 6.45) is 8.13. The van der Waals surface area contributed by atoms with Crippen LogP contribution in [-0.2, 0) is 0 Å². The van der Waals surface area contributed by atoms with Crippen LogP contribution in [0.3, 0.4) is 0 Å². The van der Waals surface area contributed by atoms with Gasteiger partial charge in [0.2, 0.25) is 0 Å². The summed E-state index contributed by atoms with van der Waals surface area (Å²) in [6.45, 7) is 2.99. The van der Waals surface area contributed by atoms with Crippen molar-refractivity contribution in [1.29, 1.82) is 0 Å². The molecule has 4 heterocycles. The zero-order valence-corrected chi connectivity index (χ0v) is 13.9. The van der Waals surface area contributed by atoms with Gasteiger partial charge in [0, 0.05) is 35.9 Å². The second-order valence-electron chi connectivity index (χ2n) is 6.65. The van der Waals surface area contributed by atoms with Crippen molar-refractivity contribution in [2.24, 2.45) is 0 Å². The summed E-state index contributed by atoms with van der Waals surface area (Å²) in [4.78, 5) is 8.91. The molecule has 2 aromatic heterocycles. The summed E-state index contributed by atoms with van der Waals surface area (Å²) in [6, 6.07) is 9.09. The van der Waals surface area contributed by atoms with E-state index in [0.717, 1.165) is 35.4 Å². The van der Waals surface area contributed by atoms with Crippen molar-refractivity contribution in [3.63, 3.8) is 0 Å². The van der Waals surface area contributed by atoms with Crippen molar-refractivity contribution < 1.29 is 4.39 Å². The smallest absolute Gasteiger partial charge is 0.155 e. The molecule has 1 saturated heterocycles. The summed E-state index contributed by atoms with van der Waals surface area (Å²) < 4.78 is 15.4. The van der Waals surface area contributed by atoms with Crippen molar-refractivity contribution >= 4 is 11.3 Å². The number of pyridine rings is 1. The number of benzene rings is 1. The molecular formula is C19H18FN5. The number of halogens is 1. The predicted molar refractivity (Wildman–Crippen MR) is 93.4 cm³/mol.